The zero-order chi connectivity index (χ0) is 22.3. The van der Waals surface area contributed by atoms with Crippen molar-refractivity contribution in [3.8, 4) is 17.2 Å². The van der Waals surface area contributed by atoms with Gasteiger partial charge in [0.2, 0.25) is 0 Å². The number of nitriles is 1. The number of hydrogen-bond donors (Lipinski definition) is 1. The van der Waals surface area contributed by atoms with E-state index in [4.69, 9.17) is 0 Å². The standard InChI is InChI=1S/C26H23N3O3/c27-17-22-3-1-2-19-6-9-21(16-23(19)22)18-4-7-20(8-5-18)24(30)28-12-14-29(15-13-28)25(31)26(32)10-11-26/h1-9,16,32H,10-15H2. The summed E-state index contributed by atoms with van der Waals surface area (Å²) in [6, 6.07) is 21.4. The minimum absolute atomic E-state index is 0.0564. The maximum Gasteiger partial charge on any atom is 0.254 e. The minimum Gasteiger partial charge on any atom is -0.380 e. The minimum atomic E-state index is -1.15. The summed E-state index contributed by atoms with van der Waals surface area (Å²) < 4.78 is 0. The van der Waals surface area contributed by atoms with Crippen LogP contribution in [-0.2, 0) is 4.79 Å². The van der Waals surface area contributed by atoms with E-state index in [0.29, 0.717) is 50.1 Å². The number of piperazine rings is 1. The van der Waals surface area contributed by atoms with Gasteiger partial charge in [-0.3, -0.25) is 9.59 Å². The fourth-order valence-corrected chi connectivity index (χ4v) is 4.28. The number of amides is 2. The molecule has 0 spiro atoms. The van der Waals surface area contributed by atoms with Crippen LogP contribution in [0.15, 0.2) is 60.7 Å². The molecule has 0 atom stereocenters. The fraction of sp³-hybridized carbons (Fsp3) is 0.269. The van der Waals surface area contributed by atoms with Crippen LogP contribution in [0.5, 0.6) is 0 Å². The molecule has 1 N–H and O–H groups in total. The molecular weight excluding hydrogens is 402 g/mol. The first kappa shape index (κ1) is 20.2. The number of nitrogens with zero attached hydrogens (tertiary/aromatic N) is 3. The van der Waals surface area contributed by atoms with E-state index in [0.717, 1.165) is 21.9 Å². The van der Waals surface area contributed by atoms with Gasteiger partial charge >= 0.3 is 0 Å². The number of carbonyl (C=O) groups excluding carboxylic acids is 2. The van der Waals surface area contributed by atoms with Crippen LogP contribution in [0.25, 0.3) is 21.9 Å². The van der Waals surface area contributed by atoms with Crippen molar-refractivity contribution in [1.29, 1.82) is 5.26 Å². The van der Waals surface area contributed by atoms with Crippen LogP contribution < -0.4 is 0 Å². The monoisotopic (exact) mass is 425 g/mol. The van der Waals surface area contributed by atoms with Crippen molar-refractivity contribution in [3.05, 3.63) is 71.8 Å². The summed E-state index contributed by atoms with van der Waals surface area (Å²) in [6.45, 7) is 1.82. The van der Waals surface area contributed by atoms with E-state index in [1.165, 1.54) is 0 Å². The summed E-state index contributed by atoms with van der Waals surface area (Å²) in [5.41, 5.74) is 2.06. The van der Waals surface area contributed by atoms with Crippen molar-refractivity contribution in [2.75, 3.05) is 26.2 Å². The Kier molecular flexibility index (Phi) is 4.91. The average molecular weight is 425 g/mol. The molecule has 6 nitrogen and oxygen atoms in total. The molecule has 0 unspecified atom stereocenters. The lowest BCUT2D eigenvalue weighted by Gasteiger charge is -2.35. The third-order valence-electron chi connectivity index (χ3n) is 6.44. The molecule has 1 heterocycles. The van der Waals surface area contributed by atoms with Crippen molar-refractivity contribution in [2.45, 2.75) is 18.4 Å². The van der Waals surface area contributed by atoms with Gasteiger partial charge in [0, 0.05) is 37.1 Å². The first-order valence-electron chi connectivity index (χ1n) is 10.8. The van der Waals surface area contributed by atoms with Gasteiger partial charge in [-0.05, 0) is 53.6 Å². The van der Waals surface area contributed by atoms with Gasteiger partial charge in [-0.1, -0.05) is 36.4 Å². The van der Waals surface area contributed by atoms with Crippen LogP contribution in [0.1, 0.15) is 28.8 Å². The summed E-state index contributed by atoms with van der Waals surface area (Å²) in [4.78, 5) is 28.6. The normalized spacial score (nSPS) is 17.1. The van der Waals surface area contributed by atoms with E-state index in [1.54, 1.807) is 9.80 Å². The van der Waals surface area contributed by atoms with Crippen molar-refractivity contribution in [1.82, 2.24) is 9.80 Å². The SMILES string of the molecule is N#Cc1cccc2ccc(-c3ccc(C(=O)N4CCN(C(=O)C5(O)CC5)CC4)cc3)cc12. The highest BCUT2D eigenvalue weighted by Gasteiger charge is 2.50. The Labute approximate surface area is 186 Å². The number of hydrogen-bond acceptors (Lipinski definition) is 4. The van der Waals surface area contributed by atoms with Gasteiger partial charge in [0.15, 0.2) is 0 Å². The molecule has 2 amide bonds. The first-order chi connectivity index (χ1) is 15.5. The number of aliphatic hydroxyl groups is 1. The zero-order valence-corrected chi connectivity index (χ0v) is 17.6. The second-order valence-electron chi connectivity index (χ2n) is 8.55. The molecule has 6 heteroatoms. The lowest BCUT2D eigenvalue weighted by molar-refractivity contribution is -0.143. The second kappa shape index (κ2) is 7.77. The molecule has 1 aliphatic carbocycles. The molecule has 2 aliphatic rings. The lowest BCUT2D eigenvalue weighted by Crippen LogP contribution is -2.53. The summed E-state index contributed by atoms with van der Waals surface area (Å²) >= 11 is 0. The molecule has 3 aromatic rings. The molecule has 0 bridgehead atoms. The highest BCUT2D eigenvalue weighted by atomic mass is 16.3. The molecule has 160 valence electrons. The molecule has 1 saturated carbocycles. The molecule has 0 radical (unpaired) electrons. The van der Waals surface area contributed by atoms with Crippen LogP contribution >= 0.6 is 0 Å². The quantitative estimate of drug-likeness (QED) is 0.699. The van der Waals surface area contributed by atoms with E-state index in [2.05, 4.69) is 6.07 Å². The topological polar surface area (TPSA) is 84.6 Å². The first-order valence-corrected chi connectivity index (χ1v) is 10.8. The van der Waals surface area contributed by atoms with E-state index in [-0.39, 0.29) is 11.8 Å². The Hall–Kier alpha value is -3.69. The third kappa shape index (κ3) is 3.61. The molecular formula is C26H23N3O3. The fourth-order valence-electron chi connectivity index (χ4n) is 4.28. The van der Waals surface area contributed by atoms with Gasteiger partial charge in [0.05, 0.1) is 11.6 Å². The van der Waals surface area contributed by atoms with Gasteiger partial charge < -0.3 is 14.9 Å². The van der Waals surface area contributed by atoms with Crippen LogP contribution in [0.4, 0.5) is 0 Å². The Balaban J connectivity index is 1.29. The highest BCUT2D eigenvalue weighted by molar-refractivity contribution is 5.96. The number of carbonyl (C=O) groups is 2. The Morgan fingerprint density at radius 2 is 1.53 bits per heavy atom. The number of fused-ring (bicyclic) bond motifs is 1. The Morgan fingerprint density at radius 3 is 2.19 bits per heavy atom. The van der Waals surface area contributed by atoms with Crippen molar-refractivity contribution in [3.63, 3.8) is 0 Å². The zero-order valence-electron chi connectivity index (χ0n) is 17.6. The van der Waals surface area contributed by atoms with Gasteiger partial charge in [-0.15, -0.1) is 0 Å². The average Bonchev–Trinajstić information content (AvgIpc) is 3.61. The molecule has 0 aromatic heterocycles. The van der Waals surface area contributed by atoms with Crippen molar-refractivity contribution >= 4 is 22.6 Å². The molecule has 5 rings (SSSR count). The van der Waals surface area contributed by atoms with E-state index in [9.17, 15) is 20.0 Å². The summed E-state index contributed by atoms with van der Waals surface area (Å²) in [6.07, 6.45) is 1.07. The van der Waals surface area contributed by atoms with Crippen molar-refractivity contribution < 1.29 is 14.7 Å². The van der Waals surface area contributed by atoms with Crippen LogP contribution in [0.3, 0.4) is 0 Å². The number of benzene rings is 3. The molecule has 1 aliphatic heterocycles. The van der Waals surface area contributed by atoms with Gasteiger partial charge in [-0.2, -0.15) is 5.26 Å². The maximum atomic E-state index is 12.9. The second-order valence-corrected chi connectivity index (χ2v) is 8.55. The molecule has 2 fully saturated rings. The van der Waals surface area contributed by atoms with Crippen LogP contribution in [0.2, 0.25) is 0 Å². The molecule has 1 saturated heterocycles. The predicted molar refractivity (Wildman–Crippen MR) is 121 cm³/mol. The van der Waals surface area contributed by atoms with Crippen LogP contribution in [0, 0.1) is 11.3 Å². The smallest absolute Gasteiger partial charge is 0.254 e. The third-order valence-corrected chi connectivity index (χ3v) is 6.44. The maximum absolute atomic E-state index is 12.9. The van der Waals surface area contributed by atoms with Gasteiger partial charge in [0.1, 0.15) is 5.60 Å². The van der Waals surface area contributed by atoms with Gasteiger partial charge in [0.25, 0.3) is 11.8 Å². The summed E-state index contributed by atoms with van der Waals surface area (Å²) in [5.74, 6) is -0.261. The largest absolute Gasteiger partial charge is 0.380 e. The van der Waals surface area contributed by atoms with Gasteiger partial charge in [-0.25, -0.2) is 0 Å². The molecule has 32 heavy (non-hydrogen) atoms. The molecule has 3 aromatic carbocycles. The predicted octanol–water partition coefficient (Wildman–Crippen LogP) is 3.19. The Bertz CT molecular complexity index is 1250. The van der Waals surface area contributed by atoms with Crippen LogP contribution in [-0.4, -0.2) is 58.5 Å². The Morgan fingerprint density at radius 1 is 0.875 bits per heavy atom. The summed E-state index contributed by atoms with van der Waals surface area (Å²) in [5, 5.41) is 21.3. The van der Waals surface area contributed by atoms with Crippen molar-refractivity contribution in [2.24, 2.45) is 0 Å². The summed E-state index contributed by atoms with van der Waals surface area (Å²) in [7, 11) is 0. The van der Waals surface area contributed by atoms with E-state index < -0.39 is 5.60 Å². The van der Waals surface area contributed by atoms with E-state index >= 15 is 0 Å². The lowest BCUT2D eigenvalue weighted by atomic mass is 9.98. The number of rotatable bonds is 3. The highest BCUT2D eigenvalue weighted by Crippen LogP contribution is 2.37. The van der Waals surface area contributed by atoms with E-state index in [1.807, 2.05) is 60.7 Å².